The Labute approximate surface area is 108 Å². The van der Waals surface area contributed by atoms with Gasteiger partial charge in [-0.15, -0.1) is 0 Å². The number of amides is 1. The number of hydrogen-bond acceptors (Lipinski definition) is 1. The summed E-state index contributed by atoms with van der Waals surface area (Å²) in [6.45, 7) is 4.26. The van der Waals surface area contributed by atoms with Gasteiger partial charge < -0.3 is 5.32 Å². The topological polar surface area (TPSA) is 29.1 Å². The molecule has 1 aromatic carbocycles. The number of alkyl halides is 1. The van der Waals surface area contributed by atoms with Gasteiger partial charge in [-0.1, -0.05) is 47.4 Å². The molecule has 0 bridgehead atoms. The fourth-order valence-corrected chi connectivity index (χ4v) is 2.63. The Kier molecular flexibility index (Phi) is 3.27. The van der Waals surface area contributed by atoms with E-state index in [1.807, 2.05) is 12.1 Å². The Morgan fingerprint density at radius 3 is 2.75 bits per heavy atom. The van der Waals surface area contributed by atoms with Gasteiger partial charge in [0.25, 0.3) is 0 Å². The molecule has 1 aliphatic rings. The van der Waals surface area contributed by atoms with Crippen molar-refractivity contribution >= 4 is 39.1 Å². The van der Waals surface area contributed by atoms with Gasteiger partial charge in [0.2, 0.25) is 5.91 Å². The van der Waals surface area contributed by atoms with Crippen molar-refractivity contribution in [2.45, 2.75) is 25.1 Å². The van der Waals surface area contributed by atoms with E-state index in [1.165, 1.54) is 0 Å². The third-order valence-corrected chi connectivity index (χ3v) is 4.61. The quantitative estimate of drug-likeness (QED) is 0.824. The average Bonchev–Trinajstić information content (AvgIpc) is 2.54. The van der Waals surface area contributed by atoms with Crippen LogP contribution in [0.25, 0.3) is 0 Å². The normalized spacial score (nSPS) is 16.2. The molecule has 1 heterocycles. The highest BCUT2D eigenvalue weighted by molar-refractivity contribution is 9.09. The van der Waals surface area contributed by atoms with Crippen molar-refractivity contribution in [3.63, 3.8) is 0 Å². The summed E-state index contributed by atoms with van der Waals surface area (Å²) >= 11 is 9.85. The van der Waals surface area contributed by atoms with E-state index >= 15 is 0 Å². The van der Waals surface area contributed by atoms with Crippen LogP contribution in [0, 0.1) is 5.92 Å². The zero-order chi connectivity index (χ0) is 11.9. The van der Waals surface area contributed by atoms with E-state index in [1.54, 1.807) is 0 Å². The van der Waals surface area contributed by atoms with Crippen LogP contribution in [-0.4, -0.2) is 5.91 Å². The summed E-state index contributed by atoms with van der Waals surface area (Å²) in [6.07, 6.45) is 0.456. The van der Waals surface area contributed by atoms with Crippen molar-refractivity contribution in [2.24, 2.45) is 5.92 Å². The fourth-order valence-electron chi connectivity index (χ4n) is 1.84. The molecular weight excluding hydrogens is 289 g/mol. The minimum Gasteiger partial charge on any atom is -0.325 e. The predicted molar refractivity (Wildman–Crippen MR) is 70.3 cm³/mol. The molecule has 0 aromatic heterocycles. The van der Waals surface area contributed by atoms with Gasteiger partial charge in [0.1, 0.15) is 0 Å². The summed E-state index contributed by atoms with van der Waals surface area (Å²) in [5.41, 5.74) is 2.95. The smallest absolute Gasteiger partial charge is 0.228 e. The van der Waals surface area contributed by atoms with Crippen LogP contribution in [0.3, 0.4) is 0 Å². The highest BCUT2D eigenvalue weighted by atomic mass is 79.9. The van der Waals surface area contributed by atoms with Gasteiger partial charge in [-0.2, -0.15) is 0 Å². The second-order valence-electron chi connectivity index (χ2n) is 4.40. The Morgan fingerprint density at radius 2 is 2.12 bits per heavy atom. The second kappa shape index (κ2) is 4.38. The first-order chi connectivity index (χ1) is 7.49. The van der Waals surface area contributed by atoms with E-state index in [0.29, 0.717) is 17.4 Å². The van der Waals surface area contributed by atoms with Crippen molar-refractivity contribution in [1.82, 2.24) is 0 Å². The van der Waals surface area contributed by atoms with Crippen LogP contribution in [-0.2, 0) is 11.2 Å². The fraction of sp³-hybridized carbons (Fsp3) is 0.417. The van der Waals surface area contributed by atoms with E-state index in [-0.39, 0.29) is 10.7 Å². The van der Waals surface area contributed by atoms with Crippen molar-refractivity contribution in [1.29, 1.82) is 0 Å². The lowest BCUT2D eigenvalue weighted by Gasteiger charge is -2.16. The number of hydrogen-bond donors (Lipinski definition) is 1. The van der Waals surface area contributed by atoms with Crippen LogP contribution in [0.5, 0.6) is 0 Å². The Hall–Kier alpha value is -0.540. The molecule has 4 heteroatoms. The van der Waals surface area contributed by atoms with Crippen LogP contribution in [0.4, 0.5) is 5.69 Å². The molecule has 1 N–H and O–H groups in total. The van der Waals surface area contributed by atoms with Crippen molar-refractivity contribution in [2.75, 3.05) is 5.32 Å². The second-order valence-corrected chi connectivity index (χ2v) is 5.80. The maximum absolute atomic E-state index is 11.3. The third-order valence-electron chi connectivity index (χ3n) is 2.73. The number of nitrogens with one attached hydrogen (secondary N) is 1. The molecule has 0 fully saturated rings. The zero-order valence-electron chi connectivity index (χ0n) is 9.18. The van der Waals surface area contributed by atoms with Gasteiger partial charge in [-0.25, -0.2) is 0 Å². The van der Waals surface area contributed by atoms with Gasteiger partial charge in [-0.05, 0) is 23.1 Å². The summed E-state index contributed by atoms with van der Waals surface area (Å²) in [6, 6.07) is 3.86. The van der Waals surface area contributed by atoms with Gasteiger partial charge in [0.15, 0.2) is 0 Å². The summed E-state index contributed by atoms with van der Waals surface area (Å²) in [7, 11) is 0. The molecule has 1 aromatic rings. The molecule has 0 radical (unpaired) electrons. The Morgan fingerprint density at radius 1 is 1.44 bits per heavy atom. The molecule has 0 spiro atoms. The molecular formula is C12H13BrClNO. The van der Waals surface area contributed by atoms with Crippen LogP contribution in [0.2, 0.25) is 5.02 Å². The molecule has 1 amide bonds. The molecule has 0 saturated heterocycles. The van der Waals surface area contributed by atoms with E-state index in [9.17, 15) is 4.79 Å². The van der Waals surface area contributed by atoms with Gasteiger partial charge in [0.05, 0.1) is 6.42 Å². The lowest BCUT2D eigenvalue weighted by Crippen LogP contribution is -2.03. The molecule has 1 atom stereocenters. The summed E-state index contributed by atoms with van der Waals surface area (Å²) in [5.74, 6) is 0.500. The number of anilines is 1. The van der Waals surface area contributed by atoms with E-state index in [0.717, 1.165) is 16.8 Å². The van der Waals surface area contributed by atoms with Crippen LogP contribution >= 0.6 is 27.5 Å². The number of carbonyl (C=O) groups is 1. The van der Waals surface area contributed by atoms with Crippen LogP contribution < -0.4 is 5.32 Å². The molecule has 2 nitrogen and oxygen atoms in total. The number of rotatable bonds is 2. The lowest BCUT2D eigenvalue weighted by atomic mass is 9.99. The van der Waals surface area contributed by atoms with Crippen LogP contribution in [0.15, 0.2) is 12.1 Å². The maximum Gasteiger partial charge on any atom is 0.228 e. The maximum atomic E-state index is 11.3. The lowest BCUT2D eigenvalue weighted by molar-refractivity contribution is -0.115. The first-order valence-electron chi connectivity index (χ1n) is 5.25. The van der Waals surface area contributed by atoms with Gasteiger partial charge in [-0.3, -0.25) is 4.79 Å². The van der Waals surface area contributed by atoms with Gasteiger partial charge >= 0.3 is 0 Å². The van der Waals surface area contributed by atoms with Gasteiger partial charge in [0, 0.05) is 15.5 Å². The third kappa shape index (κ3) is 2.11. The van der Waals surface area contributed by atoms with Crippen molar-refractivity contribution in [3.8, 4) is 0 Å². The number of benzene rings is 1. The highest BCUT2D eigenvalue weighted by Gasteiger charge is 2.22. The summed E-state index contributed by atoms with van der Waals surface area (Å²) < 4.78 is 0. The van der Waals surface area contributed by atoms with Crippen LogP contribution in [0.1, 0.15) is 29.8 Å². The molecule has 1 unspecified atom stereocenters. The average molecular weight is 303 g/mol. The highest BCUT2D eigenvalue weighted by Crippen LogP contribution is 2.39. The predicted octanol–water partition coefficient (Wildman–Crippen LogP) is 3.93. The molecule has 86 valence electrons. The number of fused-ring (bicyclic) bond motifs is 1. The Balaban J connectivity index is 2.42. The molecule has 2 rings (SSSR count). The standard InChI is InChI=1S/C12H13BrClNO/c1-6(2)12(13)8-3-7-4-11(16)15-10(7)5-9(8)14/h3,5-6,12H,4H2,1-2H3,(H,15,16). The summed E-state index contributed by atoms with van der Waals surface area (Å²) in [5, 5.41) is 3.50. The minimum atomic E-state index is 0.0406. The molecule has 1 aliphatic heterocycles. The van der Waals surface area contributed by atoms with Crippen molar-refractivity contribution in [3.05, 3.63) is 28.3 Å². The Bertz CT molecular complexity index is 445. The van der Waals surface area contributed by atoms with E-state index in [4.69, 9.17) is 11.6 Å². The molecule has 0 aliphatic carbocycles. The molecule has 16 heavy (non-hydrogen) atoms. The molecule has 0 saturated carbocycles. The summed E-state index contributed by atoms with van der Waals surface area (Å²) in [4.78, 5) is 11.5. The van der Waals surface area contributed by atoms with E-state index in [2.05, 4.69) is 35.1 Å². The number of carbonyl (C=O) groups excluding carboxylic acids is 1. The number of halogens is 2. The monoisotopic (exact) mass is 301 g/mol. The van der Waals surface area contributed by atoms with Crippen molar-refractivity contribution < 1.29 is 4.79 Å². The minimum absolute atomic E-state index is 0.0406. The first-order valence-corrected chi connectivity index (χ1v) is 6.54. The van der Waals surface area contributed by atoms with E-state index < -0.39 is 0 Å². The zero-order valence-corrected chi connectivity index (χ0v) is 11.5. The SMILES string of the molecule is CC(C)C(Br)c1cc2c(cc1Cl)NC(=O)C2. The first kappa shape index (κ1) is 11.9. The largest absolute Gasteiger partial charge is 0.325 e.